The Kier molecular flexibility index (Phi) is 5.46. The summed E-state index contributed by atoms with van der Waals surface area (Å²) in [6, 6.07) is 12.5. The van der Waals surface area contributed by atoms with Gasteiger partial charge in [0.1, 0.15) is 31.3 Å². The molecule has 160 valence electrons. The topological polar surface area (TPSA) is 94.2 Å². The summed E-state index contributed by atoms with van der Waals surface area (Å²) in [7, 11) is 0. The van der Waals surface area contributed by atoms with E-state index in [1.54, 1.807) is 24.3 Å². The van der Waals surface area contributed by atoms with Crippen LogP contribution in [0.25, 0.3) is 21.2 Å². The molecule has 0 saturated heterocycles. The molecule has 2 aromatic carbocycles. The number of carbonyl (C=O) groups excluding carboxylic acids is 1. The number of hydrogen-bond acceptors (Lipinski definition) is 8. The maximum absolute atomic E-state index is 13.2. The fourth-order valence-electron chi connectivity index (χ4n) is 3.05. The molecule has 1 aliphatic rings. The normalized spacial score (nSPS) is 13.7. The molecule has 0 N–H and O–H groups in total. The number of aromatic nitrogens is 1. The van der Waals surface area contributed by atoms with Gasteiger partial charge in [0.15, 0.2) is 0 Å². The third-order valence-corrected chi connectivity index (χ3v) is 6.08. The summed E-state index contributed by atoms with van der Waals surface area (Å²) in [5.41, 5.74) is 1.12. The first kappa shape index (κ1) is 20.4. The quantitative estimate of drug-likeness (QED) is 0.297. The number of ether oxygens (including phenoxy) is 2. The van der Waals surface area contributed by atoms with Crippen molar-refractivity contribution in [3.63, 3.8) is 0 Å². The molecule has 8 nitrogen and oxygen atoms in total. The van der Waals surface area contributed by atoms with Crippen molar-refractivity contribution in [1.82, 2.24) is 4.98 Å². The molecule has 5 rings (SSSR count). The van der Waals surface area contributed by atoms with Crippen molar-refractivity contribution in [2.45, 2.75) is 0 Å². The molecule has 4 aromatic rings. The molecule has 2 aromatic heterocycles. The number of carbonyl (C=O) groups is 1. The lowest BCUT2D eigenvalue weighted by molar-refractivity contribution is -0.119. The Morgan fingerprint density at radius 3 is 2.94 bits per heavy atom. The number of thiazole rings is 1. The second-order valence-electron chi connectivity index (χ2n) is 6.69. The first-order valence-electron chi connectivity index (χ1n) is 9.50. The van der Waals surface area contributed by atoms with Gasteiger partial charge in [-0.05, 0) is 30.3 Å². The summed E-state index contributed by atoms with van der Waals surface area (Å²) >= 11 is 4.72. The molecule has 3 heterocycles. The third kappa shape index (κ3) is 3.90. The average Bonchev–Trinajstić information content (AvgIpc) is 3.24. The number of fused-ring (bicyclic) bond motifs is 2. The highest BCUT2D eigenvalue weighted by Crippen LogP contribution is 2.32. The lowest BCUT2D eigenvalue weighted by Crippen LogP contribution is -2.30. The van der Waals surface area contributed by atoms with Gasteiger partial charge in [-0.1, -0.05) is 39.4 Å². The van der Waals surface area contributed by atoms with Gasteiger partial charge in [0.2, 0.25) is 16.3 Å². The zero-order valence-corrected chi connectivity index (χ0v) is 18.8. The molecular formula is C22H14BrN3O5S. The first-order chi connectivity index (χ1) is 15.6. The SMILES string of the molecule is O=C(C1=COCCO1)N(/N=C/c1coc2ccccc2c1=O)c1nc2ccc(Br)cc2s1. The van der Waals surface area contributed by atoms with Crippen molar-refractivity contribution in [2.24, 2.45) is 5.10 Å². The second-order valence-corrected chi connectivity index (χ2v) is 8.61. The molecule has 0 radical (unpaired) electrons. The Morgan fingerprint density at radius 2 is 2.09 bits per heavy atom. The maximum Gasteiger partial charge on any atom is 0.319 e. The third-order valence-electron chi connectivity index (χ3n) is 4.59. The predicted octanol–water partition coefficient (Wildman–Crippen LogP) is 4.42. The fraction of sp³-hybridized carbons (Fsp3) is 0.0909. The molecule has 32 heavy (non-hydrogen) atoms. The Morgan fingerprint density at radius 1 is 1.22 bits per heavy atom. The lowest BCUT2D eigenvalue weighted by Gasteiger charge is -2.18. The van der Waals surface area contributed by atoms with Gasteiger partial charge in [-0.25, -0.2) is 4.98 Å². The Hall–Kier alpha value is -3.50. The van der Waals surface area contributed by atoms with Crippen LogP contribution in [0.4, 0.5) is 5.13 Å². The number of amides is 1. The highest BCUT2D eigenvalue weighted by molar-refractivity contribution is 9.10. The van der Waals surface area contributed by atoms with Gasteiger partial charge >= 0.3 is 5.91 Å². The molecule has 0 spiro atoms. The summed E-state index contributed by atoms with van der Waals surface area (Å²) in [6.07, 6.45) is 3.84. The Bertz CT molecular complexity index is 1460. The number of hydrogen-bond donors (Lipinski definition) is 0. The highest BCUT2D eigenvalue weighted by atomic mass is 79.9. The summed E-state index contributed by atoms with van der Waals surface area (Å²) in [5, 5.41) is 6.12. The first-order valence-corrected chi connectivity index (χ1v) is 11.1. The zero-order chi connectivity index (χ0) is 22.1. The van der Waals surface area contributed by atoms with Crippen LogP contribution < -0.4 is 10.4 Å². The van der Waals surface area contributed by atoms with E-state index in [1.807, 2.05) is 18.2 Å². The zero-order valence-electron chi connectivity index (χ0n) is 16.4. The van der Waals surface area contributed by atoms with Gasteiger partial charge in [0, 0.05) is 4.47 Å². The van der Waals surface area contributed by atoms with Crippen molar-refractivity contribution in [3.8, 4) is 0 Å². The van der Waals surface area contributed by atoms with Crippen LogP contribution in [0.3, 0.4) is 0 Å². The molecule has 0 bridgehead atoms. The van der Waals surface area contributed by atoms with E-state index in [1.165, 1.54) is 30.1 Å². The molecule has 10 heteroatoms. The van der Waals surface area contributed by atoms with Gasteiger partial charge in [-0.3, -0.25) is 9.59 Å². The summed E-state index contributed by atoms with van der Waals surface area (Å²) in [5.74, 6) is -0.566. The number of rotatable bonds is 4. The molecule has 0 atom stereocenters. The molecule has 0 saturated carbocycles. The van der Waals surface area contributed by atoms with E-state index in [9.17, 15) is 9.59 Å². The minimum absolute atomic E-state index is 0.000572. The number of hydrazone groups is 1. The fourth-order valence-corrected chi connectivity index (χ4v) is 4.53. The van der Waals surface area contributed by atoms with Crippen LogP contribution >= 0.6 is 27.3 Å². The van der Waals surface area contributed by atoms with Crippen LogP contribution in [0.2, 0.25) is 0 Å². The minimum atomic E-state index is -0.566. The number of nitrogens with zero attached hydrogens (tertiary/aromatic N) is 3. The molecular weight excluding hydrogens is 498 g/mol. The van der Waals surface area contributed by atoms with Gasteiger partial charge < -0.3 is 13.9 Å². The van der Waals surface area contributed by atoms with Crippen molar-refractivity contribution >= 4 is 65.7 Å². The minimum Gasteiger partial charge on any atom is -0.494 e. The van der Waals surface area contributed by atoms with Crippen LogP contribution in [0.15, 0.2) is 79.5 Å². The molecule has 0 aliphatic carbocycles. The van der Waals surface area contributed by atoms with Crippen LogP contribution in [-0.4, -0.2) is 30.3 Å². The van der Waals surface area contributed by atoms with Crippen molar-refractivity contribution in [3.05, 3.63) is 81.0 Å². The second kappa shape index (κ2) is 8.56. The largest absolute Gasteiger partial charge is 0.494 e. The van der Waals surface area contributed by atoms with Crippen molar-refractivity contribution in [1.29, 1.82) is 0 Å². The van der Waals surface area contributed by atoms with Gasteiger partial charge in [-0.15, -0.1) is 0 Å². The number of anilines is 1. The Labute approximate surface area is 193 Å². The monoisotopic (exact) mass is 511 g/mol. The van der Waals surface area contributed by atoms with Crippen LogP contribution in [0, 0.1) is 0 Å². The molecule has 0 fully saturated rings. The Balaban J connectivity index is 1.57. The van der Waals surface area contributed by atoms with E-state index < -0.39 is 5.91 Å². The summed E-state index contributed by atoms with van der Waals surface area (Å²) in [4.78, 5) is 30.5. The molecule has 0 unspecified atom stereocenters. The van der Waals surface area contributed by atoms with Crippen LogP contribution in [0.1, 0.15) is 5.56 Å². The summed E-state index contributed by atoms with van der Waals surface area (Å²) in [6.45, 7) is 0.601. The number of para-hydroxylation sites is 1. The van der Waals surface area contributed by atoms with E-state index in [4.69, 9.17) is 13.9 Å². The van der Waals surface area contributed by atoms with Crippen molar-refractivity contribution in [2.75, 3.05) is 18.2 Å². The van der Waals surface area contributed by atoms with Gasteiger partial charge in [0.05, 0.1) is 27.4 Å². The van der Waals surface area contributed by atoms with E-state index in [2.05, 4.69) is 26.0 Å². The van der Waals surface area contributed by atoms with Crippen molar-refractivity contribution < 1.29 is 18.7 Å². The molecule has 1 amide bonds. The average molecular weight is 512 g/mol. The smallest absolute Gasteiger partial charge is 0.319 e. The maximum atomic E-state index is 13.2. The number of halogens is 1. The van der Waals surface area contributed by atoms with Crippen LogP contribution in [-0.2, 0) is 14.3 Å². The van der Waals surface area contributed by atoms with E-state index in [-0.39, 0.29) is 23.4 Å². The van der Waals surface area contributed by atoms with E-state index in [0.29, 0.717) is 28.2 Å². The molecule has 1 aliphatic heterocycles. The number of benzene rings is 2. The lowest BCUT2D eigenvalue weighted by atomic mass is 10.2. The van der Waals surface area contributed by atoms with Crippen LogP contribution in [0.5, 0.6) is 0 Å². The van der Waals surface area contributed by atoms with Gasteiger partial charge in [0.25, 0.3) is 0 Å². The van der Waals surface area contributed by atoms with E-state index >= 15 is 0 Å². The van der Waals surface area contributed by atoms with E-state index in [0.717, 1.165) is 14.2 Å². The highest BCUT2D eigenvalue weighted by Gasteiger charge is 2.26. The predicted molar refractivity (Wildman–Crippen MR) is 125 cm³/mol. The standard InChI is InChI=1S/C22H14BrN3O5S/c23-14-5-6-16-19(9-14)32-22(25-16)26(21(28)18-12-29-7-8-30-18)24-10-13-11-31-17-4-2-1-3-15(17)20(13)27/h1-6,9-12H,7-8H2/b24-10+. The van der Waals surface area contributed by atoms with Gasteiger partial charge in [-0.2, -0.15) is 10.1 Å². The summed E-state index contributed by atoms with van der Waals surface area (Å²) < 4.78 is 17.9.